The first kappa shape index (κ1) is 40.2. The van der Waals surface area contributed by atoms with Crippen molar-refractivity contribution >= 4 is 28.6 Å². The maximum absolute atomic E-state index is 2.59. The van der Waals surface area contributed by atoms with Gasteiger partial charge in [-0.3, -0.25) is 0 Å². The molecule has 0 saturated heterocycles. The molecule has 0 fully saturated rings. The summed E-state index contributed by atoms with van der Waals surface area (Å²) in [6, 6.07) is 32.6. The van der Waals surface area contributed by atoms with E-state index in [0.717, 1.165) is 32.1 Å². The molecular weight excluding hydrogens is 773 g/mol. The Morgan fingerprint density at radius 2 is 1.41 bits per heavy atom. The first-order valence-corrected chi connectivity index (χ1v) is 23.7. The van der Waals surface area contributed by atoms with Gasteiger partial charge in [0.1, 0.15) is 0 Å². The Labute approximate surface area is 380 Å². The molecule has 0 radical (unpaired) electrons. The quantitative estimate of drug-likeness (QED) is 0.163. The molecule has 0 N–H and O–H groups in total. The van der Waals surface area contributed by atoms with E-state index in [0.29, 0.717) is 5.92 Å². The molecule has 0 amide bonds. The van der Waals surface area contributed by atoms with Gasteiger partial charge in [-0.15, -0.1) is 0 Å². The molecule has 5 unspecified atom stereocenters. The maximum Gasteiger partial charge on any atom is 0.0766 e. The topological polar surface area (TPSA) is 6.48 Å². The van der Waals surface area contributed by atoms with E-state index < -0.39 is 0 Å². The van der Waals surface area contributed by atoms with Gasteiger partial charge in [0, 0.05) is 29.1 Å². The van der Waals surface area contributed by atoms with Crippen LogP contribution >= 0.6 is 0 Å². The summed E-state index contributed by atoms with van der Waals surface area (Å²) in [6.07, 6.45) is 45.1. The second-order valence-corrected chi connectivity index (χ2v) is 18.6. The molecule has 1 aliphatic heterocycles. The van der Waals surface area contributed by atoms with Crippen LogP contribution in [-0.4, -0.2) is 12.1 Å². The lowest BCUT2D eigenvalue weighted by Gasteiger charge is -2.50. The van der Waals surface area contributed by atoms with Gasteiger partial charge in [-0.2, -0.15) is 0 Å². The number of allylic oxidation sites excluding steroid dienone is 19. The Bertz CT molecular complexity index is 3050. The first-order chi connectivity index (χ1) is 31.5. The standard InChI is InChI=1S/C62H58N2/c1-5-46(34-28-42(3)63-57-23-13-15-25-59(57)64(48-17-7-6-8-18-48)60-26-16-14-24-58(60)63)61-51-19-9-11-21-53(51)62(54-22-12-10-20-52(54)61)47-35-31-44(32-36-47)29-30-45-33-38-50-49-37-27-41(2)39-55(49)43(4)56(50)40-45/h6-7,9-17,19-31,33-35,37-40,43,51,53,57,59H,5,8,18,32,36H2,1-4H3/b30-29+,42-28+,46-34+. The number of rotatable bonds is 8. The van der Waals surface area contributed by atoms with Crippen molar-refractivity contribution in [1.29, 1.82) is 0 Å². The third-order valence-corrected chi connectivity index (χ3v) is 14.8. The van der Waals surface area contributed by atoms with Gasteiger partial charge in [0.25, 0.3) is 0 Å². The lowest BCUT2D eigenvalue weighted by Crippen LogP contribution is -2.54. The van der Waals surface area contributed by atoms with Crippen LogP contribution in [-0.2, 0) is 0 Å². The van der Waals surface area contributed by atoms with Crippen LogP contribution in [0.2, 0.25) is 0 Å². The lowest BCUT2D eigenvalue weighted by atomic mass is 9.68. The highest BCUT2D eigenvalue weighted by atomic mass is 15.3. The number of para-hydroxylation sites is 2. The zero-order valence-electron chi connectivity index (χ0n) is 37.7. The van der Waals surface area contributed by atoms with E-state index in [9.17, 15) is 0 Å². The van der Waals surface area contributed by atoms with Gasteiger partial charge >= 0.3 is 0 Å². The Morgan fingerprint density at radius 1 is 0.672 bits per heavy atom. The zero-order valence-corrected chi connectivity index (χ0v) is 37.7. The number of fused-ring (bicyclic) bond motifs is 7. The number of anilines is 2. The Morgan fingerprint density at radius 3 is 2.19 bits per heavy atom. The number of nitrogens with zero attached hydrogens (tertiary/aromatic N) is 2. The van der Waals surface area contributed by atoms with Crippen LogP contribution in [0.5, 0.6) is 0 Å². The molecule has 6 aliphatic carbocycles. The summed E-state index contributed by atoms with van der Waals surface area (Å²) in [6.45, 7) is 9.19. The second kappa shape index (κ2) is 16.8. The van der Waals surface area contributed by atoms with E-state index in [1.165, 1.54) is 94.5 Å². The number of hydrogen-bond acceptors (Lipinski definition) is 2. The van der Waals surface area contributed by atoms with Crippen LogP contribution in [0, 0.1) is 18.8 Å². The van der Waals surface area contributed by atoms with Gasteiger partial charge in [-0.05, 0) is 136 Å². The Hall–Kier alpha value is -6.64. The summed E-state index contributed by atoms with van der Waals surface area (Å²) in [5, 5.41) is 2.77. The van der Waals surface area contributed by atoms with Crippen LogP contribution < -0.4 is 20.2 Å². The van der Waals surface area contributed by atoms with E-state index >= 15 is 0 Å². The van der Waals surface area contributed by atoms with Crippen molar-refractivity contribution < 1.29 is 0 Å². The average molecular weight is 831 g/mol. The molecule has 0 saturated carbocycles. The third-order valence-electron chi connectivity index (χ3n) is 14.8. The maximum atomic E-state index is 2.59. The van der Waals surface area contributed by atoms with Crippen molar-refractivity contribution in [2.24, 2.45) is 11.8 Å². The lowest BCUT2D eigenvalue weighted by molar-refractivity contribution is 0.595. The van der Waals surface area contributed by atoms with Crippen molar-refractivity contribution in [3.05, 3.63) is 243 Å². The third kappa shape index (κ3) is 6.96. The van der Waals surface area contributed by atoms with E-state index in [1.54, 1.807) is 0 Å². The summed E-state index contributed by atoms with van der Waals surface area (Å²) in [4.78, 5) is 5.17. The molecule has 11 rings (SSSR count). The van der Waals surface area contributed by atoms with Gasteiger partial charge in [0.15, 0.2) is 0 Å². The molecule has 64 heavy (non-hydrogen) atoms. The SMILES string of the molecule is CC/C(=C\C=C(/C)N1c2ccccc2N(C2=CC=CCC2)C2C=CC=CC21)C1=c2ccccc2=C(C2=CC=C(/C=C/c3ccc4c(c3)C(C)c3cc(C)ccc3-4)CC2)C2C=CC=CC12. The van der Waals surface area contributed by atoms with Crippen molar-refractivity contribution in [2.45, 2.75) is 77.8 Å². The fourth-order valence-electron chi connectivity index (χ4n) is 11.7. The van der Waals surface area contributed by atoms with Crippen LogP contribution in [0.3, 0.4) is 0 Å². The number of hydrogen-bond donors (Lipinski definition) is 0. The number of benzene rings is 4. The predicted molar refractivity (Wildman–Crippen MR) is 272 cm³/mol. The average Bonchev–Trinajstić information content (AvgIpc) is 3.61. The second-order valence-electron chi connectivity index (χ2n) is 18.6. The smallest absolute Gasteiger partial charge is 0.0766 e. The van der Waals surface area contributed by atoms with Crippen molar-refractivity contribution in [3.8, 4) is 11.1 Å². The predicted octanol–water partition coefficient (Wildman–Crippen LogP) is 13.8. The largest absolute Gasteiger partial charge is 0.334 e. The highest BCUT2D eigenvalue weighted by Gasteiger charge is 2.40. The van der Waals surface area contributed by atoms with Crippen LogP contribution in [0.1, 0.15) is 81.0 Å². The summed E-state index contributed by atoms with van der Waals surface area (Å²) in [5.41, 5.74) is 20.7. The van der Waals surface area contributed by atoms with Crippen molar-refractivity contribution in [2.75, 3.05) is 9.80 Å². The molecule has 0 spiro atoms. The Kier molecular flexibility index (Phi) is 10.5. The minimum Gasteiger partial charge on any atom is -0.334 e. The molecule has 7 aliphatic rings. The Balaban J connectivity index is 0.934. The molecule has 4 aromatic carbocycles. The molecule has 1 heterocycles. The van der Waals surface area contributed by atoms with Gasteiger partial charge in [-0.1, -0.05) is 183 Å². The van der Waals surface area contributed by atoms with E-state index in [1.807, 2.05) is 0 Å². The molecule has 316 valence electrons. The van der Waals surface area contributed by atoms with E-state index in [2.05, 4.69) is 226 Å². The van der Waals surface area contributed by atoms with Crippen LogP contribution in [0.15, 0.2) is 210 Å². The summed E-state index contributed by atoms with van der Waals surface area (Å²) in [7, 11) is 0. The minimum atomic E-state index is 0.192. The van der Waals surface area contributed by atoms with Crippen LogP contribution in [0.4, 0.5) is 11.4 Å². The fourth-order valence-corrected chi connectivity index (χ4v) is 11.7. The van der Waals surface area contributed by atoms with E-state index in [4.69, 9.17) is 0 Å². The molecule has 0 bridgehead atoms. The molecule has 4 aromatic rings. The van der Waals surface area contributed by atoms with E-state index in [-0.39, 0.29) is 23.9 Å². The summed E-state index contributed by atoms with van der Waals surface area (Å²) >= 11 is 0. The van der Waals surface area contributed by atoms with Gasteiger partial charge < -0.3 is 9.80 Å². The summed E-state index contributed by atoms with van der Waals surface area (Å²) < 4.78 is 0. The number of aryl methyl sites for hydroxylation is 1. The minimum absolute atomic E-state index is 0.192. The fraction of sp³-hybridized carbons (Fsp3) is 0.226. The highest BCUT2D eigenvalue weighted by molar-refractivity contribution is 5.84. The van der Waals surface area contributed by atoms with Crippen molar-refractivity contribution in [1.82, 2.24) is 0 Å². The molecule has 0 aromatic heterocycles. The molecular formula is C62H58N2. The summed E-state index contributed by atoms with van der Waals surface area (Å²) in [5.74, 6) is 0.988. The molecule has 5 atom stereocenters. The molecule has 2 heteroatoms. The van der Waals surface area contributed by atoms with Gasteiger partial charge in [-0.25, -0.2) is 0 Å². The van der Waals surface area contributed by atoms with Crippen molar-refractivity contribution in [3.63, 3.8) is 0 Å². The van der Waals surface area contributed by atoms with Crippen LogP contribution in [0.25, 0.3) is 28.3 Å². The zero-order chi connectivity index (χ0) is 43.3. The van der Waals surface area contributed by atoms with Gasteiger partial charge in [0.2, 0.25) is 0 Å². The molecule has 2 nitrogen and oxygen atoms in total. The monoisotopic (exact) mass is 830 g/mol. The normalized spacial score (nSPS) is 24.2. The highest BCUT2D eigenvalue weighted by Crippen LogP contribution is 2.48. The van der Waals surface area contributed by atoms with Gasteiger partial charge in [0.05, 0.1) is 23.5 Å². The first-order valence-electron chi connectivity index (χ1n) is 23.7.